The molecule has 0 bridgehead atoms. The molecule has 2 saturated heterocycles. The van der Waals surface area contributed by atoms with E-state index < -0.39 is 23.1 Å². The molecule has 2 atom stereocenters. The van der Waals surface area contributed by atoms with Crippen molar-refractivity contribution in [2.45, 2.75) is 116 Å². The molecule has 2 unspecified atom stereocenters. The molecule has 3 aliphatic rings. The summed E-state index contributed by atoms with van der Waals surface area (Å²) in [6, 6.07) is 1.85. The van der Waals surface area contributed by atoms with Crippen molar-refractivity contribution in [3.63, 3.8) is 0 Å². The molecule has 12 nitrogen and oxygen atoms in total. The number of esters is 1. The summed E-state index contributed by atoms with van der Waals surface area (Å²) in [6.07, 6.45) is 5.33. The number of ketones is 1. The minimum atomic E-state index is -0.975. The number of carbonyl (C=O) groups is 4. The zero-order valence-corrected chi connectivity index (χ0v) is 26.0. The van der Waals surface area contributed by atoms with Gasteiger partial charge in [-0.15, -0.1) is 5.10 Å². The maximum Gasteiger partial charge on any atom is 0.410 e. The fraction of sp³-hybridized carbons (Fsp3) is 0.710. The molecule has 0 aromatic carbocycles. The number of hydrogen-bond acceptors (Lipinski definition) is 9. The van der Waals surface area contributed by atoms with Crippen LogP contribution in [-0.4, -0.2) is 78.6 Å². The minimum absolute atomic E-state index is 0.0478. The van der Waals surface area contributed by atoms with Crippen LogP contribution in [-0.2, 0) is 30.3 Å². The summed E-state index contributed by atoms with van der Waals surface area (Å²) < 4.78 is 13.2. The Hall–Kier alpha value is -3.57. The second-order valence-electron chi connectivity index (χ2n) is 13.5. The predicted octanol–water partition coefficient (Wildman–Crippen LogP) is 3.64. The van der Waals surface area contributed by atoms with Gasteiger partial charge in [0.25, 0.3) is 5.78 Å². The van der Waals surface area contributed by atoms with Gasteiger partial charge >= 0.3 is 12.1 Å². The second kappa shape index (κ2) is 12.2. The minimum Gasteiger partial charge on any atom is -0.458 e. The molecule has 43 heavy (non-hydrogen) atoms. The average Bonchev–Trinajstić information content (AvgIpc) is 3.60. The summed E-state index contributed by atoms with van der Waals surface area (Å²) in [5.41, 5.74) is 0.155. The quantitative estimate of drug-likeness (QED) is 0.374. The van der Waals surface area contributed by atoms with E-state index in [0.717, 1.165) is 37.1 Å². The van der Waals surface area contributed by atoms with Gasteiger partial charge in [0.2, 0.25) is 5.91 Å². The van der Waals surface area contributed by atoms with Crippen molar-refractivity contribution in [1.82, 2.24) is 29.8 Å². The van der Waals surface area contributed by atoms with E-state index in [2.05, 4.69) is 20.4 Å². The Balaban J connectivity index is 1.19. The predicted molar refractivity (Wildman–Crippen MR) is 156 cm³/mol. The van der Waals surface area contributed by atoms with Crippen LogP contribution in [0.15, 0.2) is 6.07 Å². The van der Waals surface area contributed by atoms with Crippen LogP contribution in [0.4, 0.5) is 4.79 Å². The second-order valence-corrected chi connectivity index (χ2v) is 13.5. The van der Waals surface area contributed by atoms with Crippen LogP contribution in [0, 0.1) is 25.7 Å². The van der Waals surface area contributed by atoms with E-state index in [1.807, 2.05) is 40.7 Å². The highest BCUT2D eigenvalue weighted by Gasteiger charge is 2.52. The highest BCUT2D eigenvalue weighted by molar-refractivity contribution is 6.01. The van der Waals surface area contributed by atoms with Gasteiger partial charge in [-0.2, -0.15) is 4.98 Å². The first kappa shape index (κ1) is 30.9. The number of piperidine rings is 1. The third-order valence-corrected chi connectivity index (χ3v) is 8.89. The number of hydrogen-bond donors (Lipinski definition) is 1. The van der Waals surface area contributed by atoms with Gasteiger partial charge in [0.15, 0.2) is 11.6 Å². The first-order chi connectivity index (χ1) is 20.3. The fourth-order valence-electron chi connectivity index (χ4n) is 6.71. The Morgan fingerprint density at radius 3 is 2.44 bits per heavy atom. The summed E-state index contributed by atoms with van der Waals surface area (Å²) in [4.78, 5) is 62.9. The number of aryl methyl sites for hydroxylation is 2. The maximum atomic E-state index is 13.5. The van der Waals surface area contributed by atoms with Gasteiger partial charge in [0.1, 0.15) is 17.1 Å². The number of nitrogens with zero attached hydrogens (tertiary/aromatic N) is 5. The first-order valence-corrected chi connectivity index (χ1v) is 15.5. The van der Waals surface area contributed by atoms with Crippen LogP contribution in [0.25, 0.3) is 5.78 Å². The Morgan fingerprint density at radius 2 is 1.79 bits per heavy atom. The van der Waals surface area contributed by atoms with E-state index in [4.69, 9.17) is 9.47 Å². The fourth-order valence-corrected chi connectivity index (χ4v) is 6.71. The van der Waals surface area contributed by atoms with Crippen LogP contribution < -0.4 is 5.32 Å². The standard InChI is InChI=1S/C31H44N6O6/c1-19-16-20(2)37-28(32-19)34-25(35-37)17-23-24(38)18-31(42-27(23)40,21-8-6-7-9-21)13-10-26(39)33-22-11-14-36(15-12-22)29(41)43-30(3,4)5/h16,21-23H,6-15,17-18H2,1-5H3,(H,33,39). The van der Waals surface area contributed by atoms with E-state index >= 15 is 0 Å². The van der Waals surface area contributed by atoms with Crippen LogP contribution in [0.1, 0.15) is 95.8 Å². The van der Waals surface area contributed by atoms with E-state index in [1.54, 1.807) is 9.42 Å². The highest BCUT2D eigenvalue weighted by atomic mass is 16.6. The van der Waals surface area contributed by atoms with Gasteiger partial charge in [-0.05, 0) is 78.7 Å². The lowest BCUT2D eigenvalue weighted by molar-refractivity contribution is -0.186. The molecule has 4 heterocycles. The number of likely N-dealkylation sites (tertiary alicyclic amines) is 1. The van der Waals surface area contributed by atoms with Crippen LogP contribution in [0.2, 0.25) is 0 Å². The number of cyclic esters (lactones) is 1. The topological polar surface area (TPSA) is 145 Å². The normalized spacial score (nSPS) is 23.9. The van der Waals surface area contributed by atoms with Crippen molar-refractivity contribution >= 4 is 29.5 Å². The molecular weight excluding hydrogens is 552 g/mol. The SMILES string of the molecule is Cc1cc(C)n2nc(CC3C(=O)CC(CCC(=O)NC4CCN(C(=O)OC(C)(C)C)CC4)(C4CCCC4)OC3=O)nc2n1. The molecular formula is C31H44N6O6. The number of carbonyl (C=O) groups excluding carboxylic acids is 4. The molecule has 234 valence electrons. The van der Waals surface area contributed by atoms with Gasteiger partial charge in [-0.3, -0.25) is 14.4 Å². The Labute approximate surface area is 252 Å². The van der Waals surface area contributed by atoms with Crippen molar-refractivity contribution in [2.24, 2.45) is 11.8 Å². The lowest BCUT2D eigenvalue weighted by Gasteiger charge is -2.43. The molecule has 2 aliphatic heterocycles. The van der Waals surface area contributed by atoms with E-state index in [1.165, 1.54) is 0 Å². The summed E-state index contributed by atoms with van der Waals surface area (Å²) in [6.45, 7) is 10.3. The van der Waals surface area contributed by atoms with Crippen molar-refractivity contribution in [3.8, 4) is 0 Å². The smallest absolute Gasteiger partial charge is 0.410 e. The number of fused-ring (bicyclic) bond motifs is 1. The molecule has 1 saturated carbocycles. The van der Waals surface area contributed by atoms with E-state index in [9.17, 15) is 19.2 Å². The molecule has 1 N–H and O–H groups in total. The van der Waals surface area contributed by atoms with Gasteiger partial charge in [-0.25, -0.2) is 14.3 Å². The monoisotopic (exact) mass is 596 g/mol. The van der Waals surface area contributed by atoms with Crippen LogP contribution in [0.3, 0.4) is 0 Å². The Bertz CT molecular complexity index is 1370. The molecule has 2 aromatic heterocycles. The number of ether oxygens (including phenoxy) is 2. The largest absolute Gasteiger partial charge is 0.458 e. The maximum absolute atomic E-state index is 13.5. The first-order valence-electron chi connectivity index (χ1n) is 15.5. The molecule has 2 aromatic rings. The lowest BCUT2D eigenvalue weighted by atomic mass is 9.74. The van der Waals surface area contributed by atoms with Gasteiger partial charge in [0, 0.05) is 49.8 Å². The molecule has 12 heteroatoms. The lowest BCUT2D eigenvalue weighted by Crippen LogP contribution is -2.53. The number of rotatable bonds is 7. The number of nitrogens with one attached hydrogen (secondary N) is 1. The summed E-state index contributed by atoms with van der Waals surface area (Å²) in [7, 11) is 0. The Morgan fingerprint density at radius 1 is 1.09 bits per heavy atom. The Kier molecular flexibility index (Phi) is 8.76. The van der Waals surface area contributed by atoms with E-state index in [0.29, 0.717) is 44.0 Å². The van der Waals surface area contributed by atoms with Gasteiger partial charge < -0.3 is 19.7 Å². The highest BCUT2D eigenvalue weighted by Crippen LogP contribution is 2.45. The van der Waals surface area contributed by atoms with Gasteiger partial charge in [-0.1, -0.05) is 12.8 Å². The molecule has 2 amide bonds. The summed E-state index contributed by atoms with van der Waals surface area (Å²) >= 11 is 0. The zero-order chi connectivity index (χ0) is 30.9. The van der Waals surface area contributed by atoms with Crippen molar-refractivity contribution in [1.29, 1.82) is 0 Å². The van der Waals surface area contributed by atoms with Crippen molar-refractivity contribution < 1.29 is 28.7 Å². The van der Waals surface area contributed by atoms with Crippen molar-refractivity contribution in [3.05, 3.63) is 23.3 Å². The zero-order valence-electron chi connectivity index (χ0n) is 26.0. The molecule has 0 spiro atoms. The van der Waals surface area contributed by atoms with E-state index in [-0.39, 0.29) is 49.0 Å². The van der Waals surface area contributed by atoms with Crippen molar-refractivity contribution in [2.75, 3.05) is 13.1 Å². The van der Waals surface area contributed by atoms with Gasteiger partial charge in [0.05, 0.1) is 0 Å². The third-order valence-electron chi connectivity index (χ3n) is 8.89. The molecule has 1 aliphatic carbocycles. The third kappa shape index (κ3) is 7.15. The summed E-state index contributed by atoms with van der Waals surface area (Å²) in [5, 5.41) is 7.57. The van der Waals surface area contributed by atoms with Crippen LogP contribution in [0.5, 0.6) is 0 Å². The molecule has 0 radical (unpaired) electrons. The summed E-state index contributed by atoms with van der Waals surface area (Å²) in [5.74, 6) is -0.985. The average molecular weight is 597 g/mol. The number of aromatic nitrogens is 4. The molecule has 5 rings (SSSR count). The number of Topliss-reactive ketones (excluding diaryl/α,β-unsaturated/α-hetero) is 1. The van der Waals surface area contributed by atoms with Crippen LogP contribution >= 0.6 is 0 Å². The molecule has 3 fully saturated rings. The number of amides is 2.